The fraction of sp³-hybridized carbons (Fsp3) is 0.625. The van der Waals surface area contributed by atoms with Crippen molar-refractivity contribution in [3.63, 3.8) is 0 Å². The molecule has 5 rings (SSSR count). The average Bonchev–Trinajstić information content (AvgIpc) is 3.45. The van der Waals surface area contributed by atoms with Crippen LogP contribution < -0.4 is 15.5 Å². The molecule has 2 amide bonds. The molecule has 5 nitrogen and oxygen atoms in total. The Balaban J connectivity index is 1.05. The minimum absolute atomic E-state index is 0.0742. The molecule has 0 radical (unpaired) electrons. The zero-order valence-electron chi connectivity index (χ0n) is 18.1. The van der Waals surface area contributed by atoms with E-state index >= 15 is 4.39 Å². The second kappa shape index (κ2) is 8.94. The lowest BCUT2D eigenvalue weighted by Crippen LogP contribution is -2.49. The molecule has 2 aliphatic carbocycles. The van der Waals surface area contributed by atoms with Crippen LogP contribution in [0, 0.1) is 0 Å². The number of benzene rings is 1. The second-order valence-electron chi connectivity index (χ2n) is 9.51. The Labute approximate surface area is 188 Å². The van der Waals surface area contributed by atoms with Crippen LogP contribution in [0.4, 0.5) is 14.9 Å². The fourth-order valence-corrected chi connectivity index (χ4v) is 5.80. The number of thiophene rings is 1. The van der Waals surface area contributed by atoms with E-state index in [4.69, 9.17) is 0 Å². The van der Waals surface area contributed by atoms with Crippen molar-refractivity contribution in [1.82, 2.24) is 15.5 Å². The number of hydrogen-bond acceptors (Lipinski definition) is 4. The second-order valence-corrected chi connectivity index (χ2v) is 10.5. The predicted molar refractivity (Wildman–Crippen MR) is 126 cm³/mol. The molecule has 1 aromatic carbocycles. The molecule has 2 saturated carbocycles. The highest BCUT2D eigenvalue weighted by atomic mass is 32.1. The smallest absolute Gasteiger partial charge is 0.315 e. The molecule has 2 heterocycles. The lowest BCUT2D eigenvalue weighted by molar-refractivity contribution is 0.0688. The number of carbonyl (C=O) groups excluding carboxylic acids is 1. The molecule has 0 atom stereocenters. The van der Waals surface area contributed by atoms with Gasteiger partial charge >= 0.3 is 6.03 Å². The molecule has 2 N–H and O–H groups in total. The van der Waals surface area contributed by atoms with E-state index in [0.29, 0.717) is 25.3 Å². The van der Waals surface area contributed by atoms with Gasteiger partial charge in [-0.2, -0.15) is 0 Å². The van der Waals surface area contributed by atoms with Gasteiger partial charge in [0.2, 0.25) is 0 Å². The van der Waals surface area contributed by atoms with Gasteiger partial charge in [0.1, 0.15) is 5.67 Å². The molecule has 3 fully saturated rings. The van der Waals surface area contributed by atoms with Crippen LogP contribution in [0.1, 0.15) is 44.9 Å². The monoisotopic (exact) mass is 444 g/mol. The fourth-order valence-electron chi connectivity index (χ4n) is 4.99. The van der Waals surface area contributed by atoms with Crippen molar-refractivity contribution in [1.29, 1.82) is 0 Å². The largest absolute Gasteiger partial charge is 0.368 e. The van der Waals surface area contributed by atoms with E-state index in [1.54, 1.807) is 11.3 Å². The quantitative estimate of drug-likeness (QED) is 0.688. The summed E-state index contributed by atoms with van der Waals surface area (Å²) in [6.07, 6.45) is 5.38. The number of hydrogen-bond donors (Lipinski definition) is 2. The van der Waals surface area contributed by atoms with Crippen molar-refractivity contribution in [3.8, 4) is 0 Å². The maximum absolute atomic E-state index is 15.4. The molecule has 1 saturated heterocycles. The Morgan fingerprint density at radius 3 is 2.45 bits per heavy atom. The van der Waals surface area contributed by atoms with Crippen molar-refractivity contribution in [2.45, 2.75) is 62.7 Å². The van der Waals surface area contributed by atoms with E-state index in [2.05, 4.69) is 50.1 Å². The minimum atomic E-state index is -1.08. The van der Waals surface area contributed by atoms with E-state index in [1.807, 2.05) is 0 Å². The van der Waals surface area contributed by atoms with Crippen LogP contribution in [-0.4, -0.2) is 61.4 Å². The molecule has 31 heavy (non-hydrogen) atoms. The van der Waals surface area contributed by atoms with Gasteiger partial charge in [0.05, 0.1) is 0 Å². The molecule has 3 aliphatic rings. The summed E-state index contributed by atoms with van der Waals surface area (Å²) >= 11 is 1.79. The van der Waals surface area contributed by atoms with Crippen LogP contribution in [-0.2, 0) is 0 Å². The Bertz CT molecular complexity index is 898. The van der Waals surface area contributed by atoms with E-state index in [1.165, 1.54) is 15.8 Å². The van der Waals surface area contributed by atoms with Crippen molar-refractivity contribution in [2.75, 3.05) is 37.6 Å². The van der Waals surface area contributed by atoms with Gasteiger partial charge in [-0.3, -0.25) is 4.90 Å². The Kier molecular flexibility index (Phi) is 6.06. The van der Waals surface area contributed by atoms with E-state index < -0.39 is 5.67 Å². The topological polar surface area (TPSA) is 47.6 Å². The molecule has 168 valence electrons. The van der Waals surface area contributed by atoms with Crippen LogP contribution in [0.25, 0.3) is 10.1 Å². The number of halogens is 1. The molecule has 0 bridgehead atoms. The third-order valence-electron chi connectivity index (χ3n) is 7.19. The van der Waals surface area contributed by atoms with Crippen molar-refractivity contribution < 1.29 is 9.18 Å². The van der Waals surface area contributed by atoms with Gasteiger partial charge in [-0.25, -0.2) is 9.18 Å². The highest BCUT2D eigenvalue weighted by Crippen LogP contribution is 2.36. The first-order valence-electron chi connectivity index (χ1n) is 11.8. The van der Waals surface area contributed by atoms with Gasteiger partial charge in [0.25, 0.3) is 0 Å². The predicted octanol–water partition coefficient (Wildman–Crippen LogP) is 4.53. The first-order valence-corrected chi connectivity index (χ1v) is 12.7. The molecular weight excluding hydrogens is 411 g/mol. The molecule has 1 aromatic heterocycles. The zero-order chi connectivity index (χ0) is 21.3. The van der Waals surface area contributed by atoms with Crippen molar-refractivity contribution in [2.24, 2.45) is 0 Å². The van der Waals surface area contributed by atoms with E-state index in [0.717, 1.165) is 58.4 Å². The van der Waals surface area contributed by atoms with E-state index in [-0.39, 0.29) is 12.1 Å². The number of carbonyl (C=O) groups is 1. The summed E-state index contributed by atoms with van der Waals surface area (Å²) in [5, 5.41) is 9.50. The number of nitrogens with zero attached hydrogens (tertiary/aromatic N) is 2. The normalized spacial score (nSPS) is 27.4. The maximum Gasteiger partial charge on any atom is 0.315 e. The summed E-state index contributed by atoms with van der Waals surface area (Å²) in [4.78, 5) is 16.8. The first-order chi connectivity index (χ1) is 15.1. The summed E-state index contributed by atoms with van der Waals surface area (Å²) in [5.41, 5.74) is 0.252. The number of amides is 2. The maximum atomic E-state index is 15.4. The first kappa shape index (κ1) is 21.0. The summed E-state index contributed by atoms with van der Waals surface area (Å²) in [7, 11) is 0. The standard InChI is InChI=1S/C24H33FN4OS/c25-24(9-6-19(7-10-24)27-23(30)26-18-4-5-18)11-12-28-13-15-29(16-14-28)21-2-1-3-22-20(21)8-17-31-22/h1-3,8,17-19H,4-7,9-16H2,(H2,26,27,30). The van der Waals surface area contributed by atoms with Crippen LogP contribution in [0.15, 0.2) is 29.6 Å². The third-order valence-corrected chi connectivity index (χ3v) is 8.07. The van der Waals surface area contributed by atoms with E-state index in [9.17, 15) is 4.79 Å². The van der Waals surface area contributed by atoms with Gasteiger partial charge in [0, 0.05) is 60.6 Å². The number of anilines is 1. The Morgan fingerprint density at radius 1 is 1.03 bits per heavy atom. The summed E-state index contributed by atoms with van der Waals surface area (Å²) in [5.74, 6) is 0. The van der Waals surface area contributed by atoms with Crippen LogP contribution >= 0.6 is 11.3 Å². The van der Waals surface area contributed by atoms with Crippen molar-refractivity contribution in [3.05, 3.63) is 29.6 Å². The SMILES string of the molecule is O=C(NC1CC1)NC1CCC(F)(CCN2CCN(c3cccc4sccc34)CC2)CC1. The number of piperazine rings is 1. The summed E-state index contributed by atoms with van der Waals surface area (Å²) in [6, 6.07) is 9.18. The number of fused-ring (bicyclic) bond motifs is 1. The van der Waals surface area contributed by atoms with Crippen molar-refractivity contribution >= 4 is 33.1 Å². The highest BCUT2D eigenvalue weighted by Gasteiger charge is 2.36. The van der Waals surface area contributed by atoms with Gasteiger partial charge in [-0.05, 0) is 68.5 Å². The van der Waals surface area contributed by atoms with Crippen LogP contribution in [0.2, 0.25) is 0 Å². The molecular formula is C24H33FN4OS. The number of urea groups is 1. The number of alkyl halides is 1. The lowest BCUT2D eigenvalue weighted by atomic mass is 9.81. The summed E-state index contributed by atoms with van der Waals surface area (Å²) in [6.45, 7) is 4.80. The summed E-state index contributed by atoms with van der Waals surface area (Å²) < 4.78 is 16.7. The number of rotatable bonds is 6. The average molecular weight is 445 g/mol. The Hall–Kier alpha value is -1.86. The van der Waals surface area contributed by atoms with Gasteiger partial charge in [-0.15, -0.1) is 11.3 Å². The van der Waals surface area contributed by atoms with Gasteiger partial charge in [0.15, 0.2) is 0 Å². The molecule has 2 aromatic rings. The Morgan fingerprint density at radius 2 is 1.74 bits per heavy atom. The molecule has 0 spiro atoms. The molecule has 7 heteroatoms. The van der Waals surface area contributed by atoms with Crippen LogP contribution in [0.5, 0.6) is 0 Å². The lowest BCUT2D eigenvalue weighted by Gasteiger charge is -2.39. The minimum Gasteiger partial charge on any atom is -0.368 e. The van der Waals surface area contributed by atoms with Gasteiger partial charge in [-0.1, -0.05) is 6.07 Å². The zero-order valence-corrected chi connectivity index (χ0v) is 18.9. The third kappa shape index (κ3) is 5.14. The van der Waals surface area contributed by atoms with Crippen LogP contribution in [0.3, 0.4) is 0 Å². The number of nitrogens with one attached hydrogen (secondary N) is 2. The van der Waals surface area contributed by atoms with Gasteiger partial charge < -0.3 is 15.5 Å². The highest BCUT2D eigenvalue weighted by molar-refractivity contribution is 7.17. The molecule has 1 aliphatic heterocycles. The molecule has 0 unspecified atom stereocenters.